The maximum atomic E-state index is 10.5. The van der Waals surface area contributed by atoms with Crippen LogP contribution in [0.3, 0.4) is 0 Å². The molecule has 0 radical (unpaired) electrons. The maximum absolute atomic E-state index is 10.5. The second-order valence-corrected chi connectivity index (χ2v) is 1.83. The number of carbonyl (C=O) groups excluding carboxylic acids is 1. The number of rotatable bonds is 1. The summed E-state index contributed by atoms with van der Waals surface area (Å²) in [6.45, 7) is 0. The minimum Gasteiger partial charge on any atom is -0.351 e. The number of nitrogens with one attached hydrogen (secondary N) is 3. The quantitative estimate of drug-likeness (QED) is 0.386. The summed E-state index contributed by atoms with van der Waals surface area (Å²) in [4.78, 5) is 38.3. The van der Waals surface area contributed by atoms with Crippen molar-refractivity contribution in [3.8, 4) is 0 Å². The summed E-state index contributed by atoms with van der Waals surface area (Å²) < 4.78 is 0. The number of hydrogen-bond donors (Lipinski definition) is 4. The van der Waals surface area contributed by atoms with Crippen LogP contribution in [0, 0.1) is 0 Å². The number of nitrogens with two attached hydrogens (primary N) is 1. The van der Waals surface area contributed by atoms with Crippen LogP contribution in [0.2, 0.25) is 0 Å². The van der Waals surface area contributed by atoms with E-state index in [4.69, 9.17) is 5.73 Å². The molecule has 0 bridgehead atoms. The van der Waals surface area contributed by atoms with Crippen molar-refractivity contribution < 1.29 is 4.79 Å². The molecule has 0 fully saturated rings. The van der Waals surface area contributed by atoms with E-state index in [1.54, 1.807) is 0 Å². The van der Waals surface area contributed by atoms with Gasteiger partial charge in [-0.25, -0.2) is 14.4 Å². The molecule has 1 aromatic heterocycles. The van der Waals surface area contributed by atoms with Crippen LogP contribution in [0.4, 0.5) is 10.7 Å². The zero-order chi connectivity index (χ0) is 9.14. The first-order chi connectivity index (χ1) is 5.58. The fourth-order valence-electron chi connectivity index (χ4n) is 0.569. The first-order valence-electron chi connectivity index (χ1n) is 2.85. The van der Waals surface area contributed by atoms with E-state index in [9.17, 15) is 14.4 Å². The van der Waals surface area contributed by atoms with Gasteiger partial charge in [0.1, 0.15) is 0 Å². The summed E-state index contributed by atoms with van der Waals surface area (Å²) >= 11 is 0. The molecule has 5 N–H and O–H groups in total. The Labute approximate surface area is 64.8 Å². The Bertz CT molecular complexity index is 375. The van der Waals surface area contributed by atoms with Gasteiger partial charge >= 0.3 is 17.4 Å². The van der Waals surface area contributed by atoms with Crippen LogP contribution in [0.25, 0.3) is 0 Å². The lowest BCUT2D eigenvalue weighted by molar-refractivity contribution is 0.259. The lowest BCUT2D eigenvalue weighted by atomic mass is 10.8. The molecule has 0 unspecified atom stereocenters. The molecule has 8 nitrogen and oxygen atoms in total. The van der Waals surface area contributed by atoms with Gasteiger partial charge in [-0.2, -0.15) is 4.98 Å². The Morgan fingerprint density at radius 2 is 2.08 bits per heavy atom. The minimum absolute atomic E-state index is 0.281. The molecule has 0 aromatic carbocycles. The van der Waals surface area contributed by atoms with Gasteiger partial charge in [-0.1, -0.05) is 0 Å². The number of anilines is 1. The lowest BCUT2D eigenvalue weighted by Crippen LogP contribution is -2.29. The van der Waals surface area contributed by atoms with Crippen molar-refractivity contribution in [2.24, 2.45) is 5.73 Å². The van der Waals surface area contributed by atoms with Crippen molar-refractivity contribution >= 4 is 12.0 Å². The highest BCUT2D eigenvalue weighted by Gasteiger charge is 1.98. The maximum Gasteiger partial charge on any atom is 0.352 e. The minimum atomic E-state index is -0.913. The lowest BCUT2D eigenvalue weighted by Gasteiger charge is -1.96. The van der Waals surface area contributed by atoms with Crippen molar-refractivity contribution in [3.63, 3.8) is 0 Å². The van der Waals surface area contributed by atoms with Crippen LogP contribution in [0.15, 0.2) is 9.59 Å². The highest BCUT2D eigenvalue weighted by atomic mass is 16.2. The van der Waals surface area contributed by atoms with E-state index in [1.807, 2.05) is 15.3 Å². The van der Waals surface area contributed by atoms with E-state index >= 15 is 0 Å². The van der Waals surface area contributed by atoms with E-state index in [2.05, 4.69) is 4.98 Å². The van der Waals surface area contributed by atoms with E-state index in [0.717, 1.165) is 0 Å². The van der Waals surface area contributed by atoms with Crippen LogP contribution >= 0.6 is 0 Å². The van der Waals surface area contributed by atoms with Gasteiger partial charge in [-0.15, -0.1) is 0 Å². The second-order valence-electron chi connectivity index (χ2n) is 1.83. The van der Waals surface area contributed by atoms with Crippen LogP contribution in [-0.4, -0.2) is 21.0 Å². The number of carbonyl (C=O) groups is 1. The van der Waals surface area contributed by atoms with Crippen molar-refractivity contribution in [3.05, 3.63) is 21.0 Å². The van der Waals surface area contributed by atoms with Gasteiger partial charge in [0.25, 0.3) is 0 Å². The summed E-state index contributed by atoms with van der Waals surface area (Å²) in [6.07, 6.45) is 0. The van der Waals surface area contributed by atoms with E-state index in [0.29, 0.717) is 0 Å². The average molecular weight is 171 g/mol. The Hall–Kier alpha value is -2.12. The van der Waals surface area contributed by atoms with Gasteiger partial charge in [-0.3, -0.25) is 15.3 Å². The fraction of sp³-hybridized carbons (Fsp3) is 0. The summed E-state index contributed by atoms with van der Waals surface area (Å²) in [5.41, 5.74) is 3.08. The molecule has 0 aliphatic carbocycles. The van der Waals surface area contributed by atoms with Gasteiger partial charge in [0, 0.05) is 0 Å². The third kappa shape index (κ3) is 1.94. The molecular formula is C4H5N5O3. The molecule has 12 heavy (non-hydrogen) atoms. The summed E-state index contributed by atoms with van der Waals surface area (Å²) in [5, 5.41) is 1.94. The Balaban J connectivity index is 3.09. The first-order valence-corrected chi connectivity index (χ1v) is 2.85. The van der Waals surface area contributed by atoms with Crippen LogP contribution in [0.1, 0.15) is 0 Å². The van der Waals surface area contributed by atoms with E-state index in [-0.39, 0.29) is 5.95 Å². The highest BCUT2D eigenvalue weighted by Crippen LogP contribution is 1.84. The third-order valence-corrected chi connectivity index (χ3v) is 0.907. The number of aromatic amines is 2. The predicted molar refractivity (Wildman–Crippen MR) is 38.7 cm³/mol. The molecule has 1 rings (SSSR count). The smallest absolute Gasteiger partial charge is 0.351 e. The zero-order valence-electron chi connectivity index (χ0n) is 5.75. The van der Waals surface area contributed by atoms with Crippen molar-refractivity contribution in [1.29, 1.82) is 0 Å². The summed E-state index contributed by atoms with van der Waals surface area (Å²) in [7, 11) is 0. The SMILES string of the molecule is NC(=O)Nc1nc(=O)[nH]c(=O)[nH]1. The highest BCUT2D eigenvalue weighted by molar-refractivity contribution is 5.85. The predicted octanol–water partition coefficient (Wildman–Crippen LogP) is -2.05. The van der Waals surface area contributed by atoms with Gasteiger partial charge in [0.15, 0.2) is 0 Å². The zero-order valence-corrected chi connectivity index (χ0v) is 5.75. The Kier molecular flexibility index (Phi) is 1.90. The average Bonchev–Trinajstić information content (AvgIpc) is 1.81. The monoisotopic (exact) mass is 171 g/mol. The van der Waals surface area contributed by atoms with Crippen LogP contribution < -0.4 is 22.4 Å². The standard InChI is InChI=1S/C4H5N5O3/c5-1(10)6-2-7-3(11)9-4(12)8-2/h(H5,5,6,7,8,9,10,11,12). The molecule has 0 saturated heterocycles. The van der Waals surface area contributed by atoms with Crippen molar-refractivity contribution in [2.75, 3.05) is 5.32 Å². The first kappa shape index (κ1) is 7.98. The molecule has 1 aromatic rings. The normalized spacial score (nSPS) is 9.33. The molecule has 1 heterocycles. The summed E-state index contributed by atoms with van der Waals surface area (Å²) in [5.74, 6) is -0.281. The van der Waals surface area contributed by atoms with Gasteiger partial charge in [0.2, 0.25) is 5.95 Å². The number of urea groups is 1. The molecule has 0 aliphatic rings. The Morgan fingerprint density at radius 1 is 1.42 bits per heavy atom. The molecule has 0 saturated carbocycles. The number of aromatic nitrogens is 3. The number of primary amides is 1. The topological polar surface area (TPSA) is 134 Å². The van der Waals surface area contributed by atoms with Crippen LogP contribution in [-0.2, 0) is 0 Å². The van der Waals surface area contributed by atoms with E-state index < -0.39 is 17.4 Å². The number of H-pyrrole nitrogens is 2. The van der Waals surface area contributed by atoms with E-state index in [1.165, 1.54) is 0 Å². The molecule has 0 atom stereocenters. The van der Waals surface area contributed by atoms with Gasteiger partial charge in [-0.05, 0) is 0 Å². The van der Waals surface area contributed by atoms with Crippen LogP contribution in [0.5, 0.6) is 0 Å². The molecule has 64 valence electrons. The molecule has 0 spiro atoms. The second kappa shape index (κ2) is 2.86. The largest absolute Gasteiger partial charge is 0.352 e. The van der Waals surface area contributed by atoms with Crippen molar-refractivity contribution in [1.82, 2.24) is 15.0 Å². The fourth-order valence-corrected chi connectivity index (χ4v) is 0.569. The van der Waals surface area contributed by atoms with Gasteiger partial charge < -0.3 is 5.73 Å². The number of amides is 2. The molecule has 2 amide bonds. The number of nitrogens with zero attached hydrogens (tertiary/aromatic N) is 1. The molecule has 8 heteroatoms. The van der Waals surface area contributed by atoms with Crippen molar-refractivity contribution in [2.45, 2.75) is 0 Å². The van der Waals surface area contributed by atoms with Gasteiger partial charge in [0.05, 0.1) is 0 Å². The Morgan fingerprint density at radius 3 is 2.58 bits per heavy atom. The molecule has 0 aliphatic heterocycles. The number of hydrogen-bond acceptors (Lipinski definition) is 4. The third-order valence-electron chi connectivity index (χ3n) is 0.907. The molecular weight excluding hydrogens is 166 g/mol. The summed E-state index contributed by atoms with van der Waals surface area (Å²) in [6, 6.07) is -0.913.